The highest BCUT2D eigenvalue weighted by Crippen LogP contribution is 2.13. The summed E-state index contributed by atoms with van der Waals surface area (Å²) in [5, 5.41) is 3.09. The van der Waals surface area contributed by atoms with Gasteiger partial charge < -0.3 is 10.1 Å². The third-order valence-corrected chi connectivity index (χ3v) is 2.08. The fraction of sp³-hybridized carbons (Fsp3) is 0.538. The molecule has 94 valence electrons. The van der Waals surface area contributed by atoms with Gasteiger partial charge in [-0.25, -0.2) is 0 Å². The molecule has 0 amide bonds. The molecule has 1 rings (SSSR count). The summed E-state index contributed by atoms with van der Waals surface area (Å²) in [6.45, 7) is 8.21. The summed E-state index contributed by atoms with van der Waals surface area (Å²) in [6, 6.07) is 2.03. The van der Waals surface area contributed by atoms with Crippen molar-refractivity contribution in [3.63, 3.8) is 0 Å². The van der Waals surface area contributed by atoms with Gasteiger partial charge in [0.2, 0.25) is 0 Å². The maximum Gasteiger partial charge on any atom is 0.178 e. The number of aromatic nitrogens is 1. The second-order valence-electron chi connectivity index (χ2n) is 4.53. The van der Waals surface area contributed by atoms with E-state index >= 15 is 0 Å². The Morgan fingerprint density at radius 1 is 1.35 bits per heavy atom. The Kier molecular flexibility index (Phi) is 5.10. The summed E-state index contributed by atoms with van der Waals surface area (Å²) < 4.78 is 5.50. The summed E-state index contributed by atoms with van der Waals surface area (Å²) >= 11 is 0. The van der Waals surface area contributed by atoms with Gasteiger partial charge in [-0.15, -0.1) is 0 Å². The number of carbonyl (C=O) groups is 1. The van der Waals surface area contributed by atoms with Crippen LogP contribution in [-0.2, 0) is 0 Å². The van der Waals surface area contributed by atoms with Gasteiger partial charge in [0.1, 0.15) is 5.75 Å². The van der Waals surface area contributed by atoms with E-state index in [1.54, 1.807) is 18.5 Å². The van der Waals surface area contributed by atoms with Crippen LogP contribution in [0.25, 0.3) is 0 Å². The van der Waals surface area contributed by atoms with Crippen molar-refractivity contribution in [3.8, 4) is 5.75 Å². The summed E-state index contributed by atoms with van der Waals surface area (Å²) in [4.78, 5) is 15.8. The highest BCUT2D eigenvalue weighted by Gasteiger charge is 2.08. The fourth-order valence-electron chi connectivity index (χ4n) is 1.31. The molecule has 4 heteroatoms. The Hall–Kier alpha value is -1.42. The van der Waals surface area contributed by atoms with Crippen LogP contribution in [0.2, 0.25) is 0 Å². The maximum absolute atomic E-state index is 11.8. The number of carbonyl (C=O) groups excluding carboxylic acids is 1. The molecule has 0 aliphatic heterocycles. The molecule has 0 unspecified atom stereocenters. The van der Waals surface area contributed by atoms with Gasteiger partial charge in [0.25, 0.3) is 0 Å². The lowest BCUT2D eigenvalue weighted by Gasteiger charge is -2.10. The average Bonchev–Trinajstić information content (AvgIpc) is 2.25. The largest absolute Gasteiger partial charge is 0.489 e. The number of hydrogen-bond donors (Lipinski definition) is 1. The summed E-state index contributed by atoms with van der Waals surface area (Å²) in [5.74, 6) is 0.663. The van der Waals surface area contributed by atoms with Crippen molar-refractivity contribution in [3.05, 3.63) is 24.0 Å². The van der Waals surface area contributed by atoms with Crippen LogP contribution in [0, 0.1) is 0 Å². The van der Waals surface area contributed by atoms with E-state index in [0.717, 1.165) is 0 Å². The minimum absolute atomic E-state index is 0.0282. The molecule has 0 aromatic carbocycles. The van der Waals surface area contributed by atoms with E-state index in [-0.39, 0.29) is 11.9 Å². The van der Waals surface area contributed by atoms with Crippen molar-refractivity contribution in [2.45, 2.75) is 39.8 Å². The quantitative estimate of drug-likeness (QED) is 0.768. The van der Waals surface area contributed by atoms with Crippen molar-refractivity contribution < 1.29 is 9.53 Å². The van der Waals surface area contributed by atoms with Crippen molar-refractivity contribution in [2.24, 2.45) is 0 Å². The van der Waals surface area contributed by atoms with Crippen LogP contribution in [0.5, 0.6) is 5.75 Å². The molecule has 1 aromatic rings. The standard InChI is InChI=1S/C13H20N2O2/c1-9(2)15-8-13(16)11-5-12(7-14-6-11)17-10(3)4/h5-7,9-10,15H,8H2,1-4H3. The summed E-state index contributed by atoms with van der Waals surface area (Å²) in [5.41, 5.74) is 0.580. The molecule has 4 nitrogen and oxygen atoms in total. The van der Waals surface area contributed by atoms with E-state index < -0.39 is 0 Å². The van der Waals surface area contributed by atoms with Crippen molar-refractivity contribution >= 4 is 5.78 Å². The Balaban J connectivity index is 2.67. The molecule has 0 aliphatic carbocycles. The van der Waals surface area contributed by atoms with Crippen molar-refractivity contribution in [2.75, 3.05) is 6.54 Å². The van der Waals surface area contributed by atoms with Crippen LogP contribution in [0.4, 0.5) is 0 Å². The third-order valence-electron chi connectivity index (χ3n) is 2.08. The number of nitrogens with one attached hydrogen (secondary N) is 1. The predicted molar refractivity (Wildman–Crippen MR) is 67.5 cm³/mol. The highest BCUT2D eigenvalue weighted by atomic mass is 16.5. The molecule has 0 saturated heterocycles. The smallest absolute Gasteiger partial charge is 0.178 e. The SMILES string of the molecule is CC(C)NCC(=O)c1cncc(OC(C)C)c1. The van der Waals surface area contributed by atoms with E-state index in [0.29, 0.717) is 23.9 Å². The number of ketones is 1. The number of pyridine rings is 1. The van der Waals surface area contributed by atoms with Gasteiger partial charge in [0.15, 0.2) is 5.78 Å². The second-order valence-corrected chi connectivity index (χ2v) is 4.53. The number of rotatable bonds is 6. The summed E-state index contributed by atoms with van der Waals surface area (Å²) in [7, 11) is 0. The first-order chi connectivity index (χ1) is 7.99. The monoisotopic (exact) mass is 236 g/mol. The first-order valence-electron chi connectivity index (χ1n) is 5.87. The van der Waals surface area contributed by atoms with Gasteiger partial charge >= 0.3 is 0 Å². The van der Waals surface area contributed by atoms with Crippen LogP contribution in [0.1, 0.15) is 38.1 Å². The van der Waals surface area contributed by atoms with Gasteiger partial charge in [-0.05, 0) is 19.9 Å². The number of ether oxygens (including phenoxy) is 1. The van der Waals surface area contributed by atoms with E-state index in [9.17, 15) is 4.79 Å². The lowest BCUT2D eigenvalue weighted by molar-refractivity contribution is 0.0987. The van der Waals surface area contributed by atoms with Crippen LogP contribution >= 0.6 is 0 Å². The molecule has 0 spiro atoms. The zero-order valence-corrected chi connectivity index (χ0v) is 10.9. The Morgan fingerprint density at radius 2 is 2.06 bits per heavy atom. The fourth-order valence-corrected chi connectivity index (χ4v) is 1.31. The normalized spacial score (nSPS) is 10.9. The molecule has 1 heterocycles. The van der Waals surface area contributed by atoms with Gasteiger partial charge in [0.05, 0.1) is 18.8 Å². The van der Waals surface area contributed by atoms with Gasteiger partial charge in [-0.1, -0.05) is 13.8 Å². The highest BCUT2D eigenvalue weighted by molar-refractivity contribution is 5.97. The maximum atomic E-state index is 11.8. The lowest BCUT2D eigenvalue weighted by atomic mass is 10.2. The van der Waals surface area contributed by atoms with Crippen LogP contribution in [0.3, 0.4) is 0 Å². The second kappa shape index (κ2) is 6.35. The zero-order chi connectivity index (χ0) is 12.8. The average molecular weight is 236 g/mol. The molecule has 0 atom stereocenters. The van der Waals surface area contributed by atoms with Gasteiger partial charge in [-0.3, -0.25) is 9.78 Å². The molecule has 0 radical (unpaired) electrons. The Labute approximate surface area is 102 Å². The van der Waals surface area contributed by atoms with E-state index in [4.69, 9.17) is 4.74 Å². The van der Waals surface area contributed by atoms with Crippen LogP contribution in [-0.4, -0.2) is 29.5 Å². The molecule has 0 saturated carbocycles. The van der Waals surface area contributed by atoms with Crippen LogP contribution in [0.15, 0.2) is 18.5 Å². The number of Topliss-reactive ketones (excluding diaryl/α,β-unsaturated/α-hetero) is 1. The van der Waals surface area contributed by atoms with Gasteiger partial charge in [-0.2, -0.15) is 0 Å². The molecule has 17 heavy (non-hydrogen) atoms. The predicted octanol–water partition coefficient (Wildman–Crippen LogP) is 2.05. The molecular weight excluding hydrogens is 216 g/mol. The van der Waals surface area contributed by atoms with E-state index in [2.05, 4.69) is 10.3 Å². The molecule has 1 aromatic heterocycles. The van der Waals surface area contributed by atoms with Gasteiger partial charge in [0, 0.05) is 17.8 Å². The first-order valence-corrected chi connectivity index (χ1v) is 5.87. The third kappa shape index (κ3) is 4.95. The Bertz CT molecular complexity index is 375. The topological polar surface area (TPSA) is 51.2 Å². The molecular formula is C13H20N2O2. The first kappa shape index (κ1) is 13.6. The van der Waals surface area contributed by atoms with Crippen molar-refractivity contribution in [1.29, 1.82) is 0 Å². The molecule has 0 aliphatic rings. The lowest BCUT2D eigenvalue weighted by Crippen LogP contribution is -2.29. The van der Waals surface area contributed by atoms with E-state index in [1.807, 2.05) is 27.7 Å². The van der Waals surface area contributed by atoms with Crippen LogP contribution < -0.4 is 10.1 Å². The molecule has 0 bridgehead atoms. The summed E-state index contributed by atoms with van der Waals surface area (Å²) in [6.07, 6.45) is 3.26. The number of hydrogen-bond acceptors (Lipinski definition) is 4. The van der Waals surface area contributed by atoms with E-state index in [1.165, 1.54) is 0 Å². The molecule has 1 N–H and O–H groups in total. The number of nitrogens with zero attached hydrogens (tertiary/aromatic N) is 1. The zero-order valence-electron chi connectivity index (χ0n) is 10.9. The minimum Gasteiger partial charge on any atom is -0.489 e. The Morgan fingerprint density at radius 3 is 2.65 bits per heavy atom. The molecule has 0 fully saturated rings. The minimum atomic E-state index is 0.0282. The van der Waals surface area contributed by atoms with Crippen molar-refractivity contribution in [1.82, 2.24) is 10.3 Å².